The van der Waals surface area contributed by atoms with Crippen LogP contribution in [0.3, 0.4) is 0 Å². The van der Waals surface area contributed by atoms with E-state index >= 15 is 0 Å². The molecular weight excluding hydrogens is 296 g/mol. The van der Waals surface area contributed by atoms with Gasteiger partial charge in [-0.1, -0.05) is 11.6 Å². The normalized spacial score (nSPS) is 21.2. The summed E-state index contributed by atoms with van der Waals surface area (Å²) >= 11 is 7.95. The minimum Gasteiger partial charge on any atom is -0.486 e. The van der Waals surface area contributed by atoms with E-state index < -0.39 is 0 Å². The second kappa shape index (κ2) is 6.27. The molecule has 1 aliphatic carbocycles. The number of thioether (sulfide) groups is 1. The summed E-state index contributed by atoms with van der Waals surface area (Å²) in [5.74, 6) is 3.09. The van der Waals surface area contributed by atoms with Gasteiger partial charge in [-0.2, -0.15) is 0 Å². The number of hydrogen-bond donors (Lipinski definition) is 0. The van der Waals surface area contributed by atoms with Gasteiger partial charge in [0.15, 0.2) is 11.5 Å². The van der Waals surface area contributed by atoms with Gasteiger partial charge in [-0.05, 0) is 31.1 Å². The Hall–Kier alpha value is -0.870. The first-order chi connectivity index (χ1) is 9.74. The number of carbonyl (C=O) groups excluding carboxylic acids is 1. The summed E-state index contributed by atoms with van der Waals surface area (Å²) < 4.78 is 11.1. The van der Waals surface area contributed by atoms with Crippen LogP contribution in [-0.2, 0) is 4.79 Å². The van der Waals surface area contributed by atoms with Gasteiger partial charge < -0.3 is 9.47 Å². The molecule has 1 aliphatic heterocycles. The van der Waals surface area contributed by atoms with E-state index in [0.717, 1.165) is 47.8 Å². The number of Topliss-reactive ketones (excluding diaryl/α,β-unsaturated/α-hetero) is 1. The molecule has 3 nitrogen and oxygen atoms in total. The summed E-state index contributed by atoms with van der Waals surface area (Å²) in [6.07, 6.45) is 3.81. The van der Waals surface area contributed by atoms with Crippen LogP contribution in [0, 0.1) is 5.92 Å². The molecule has 3 rings (SSSR count). The van der Waals surface area contributed by atoms with E-state index in [2.05, 4.69) is 0 Å². The minimum atomic E-state index is 0.262. The maximum atomic E-state index is 11.6. The standard InChI is InChI=1S/C15H17ClO3S/c16-11-8-13-14(19-6-5-18-13)9-15(11)20-7-4-10-2-1-3-12(10)17/h8-10H,1-7H2/t10-/m0/s1. The van der Waals surface area contributed by atoms with Gasteiger partial charge in [0.25, 0.3) is 0 Å². The third-order valence-electron chi connectivity index (χ3n) is 3.75. The number of carbonyl (C=O) groups is 1. The molecule has 0 unspecified atom stereocenters. The van der Waals surface area contributed by atoms with Crippen molar-refractivity contribution in [2.45, 2.75) is 30.6 Å². The van der Waals surface area contributed by atoms with Crippen molar-refractivity contribution in [3.63, 3.8) is 0 Å². The number of ketones is 1. The van der Waals surface area contributed by atoms with E-state index in [0.29, 0.717) is 24.0 Å². The Morgan fingerprint density at radius 3 is 2.70 bits per heavy atom. The molecule has 0 aromatic heterocycles. The Labute approximate surface area is 128 Å². The highest BCUT2D eigenvalue weighted by molar-refractivity contribution is 7.99. The van der Waals surface area contributed by atoms with Crippen molar-refractivity contribution in [3.8, 4) is 11.5 Å². The van der Waals surface area contributed by atoms with E-state index in [1.807, 2.05) is 12.1 Å². The van der Waals surface area contributed by atoms with Crippen molar-refractivity contribution in [3.05, 3.63) is 17.2 Å². The lowest BCUT2D eigenvalue weighted by Gasteiger charge is -2.19. The van der Waals surface area contributed by atoms with Gasteiger partial charge in [0.05, 0.1) is 5.02 Å². The fraction of sp³-hybridized carbons (Fsp3) is 0.533. The van der Waals surface area contributed by atoms with Crippen LogP contribution in [-0.4, -0.2) is 24.7 Å². The number of halogens is 1. The minimum absolute atomic E-state index is 0.262. The van der Waals surface area contributed by atoms with Gasteiger partial charge >= 0.3 is 0 Å². The fourth-order valence-electron chi connectivity index (χ4n) is 2.66. The average molecular weight is 313 g/mol. The van der Waals surface area contributed by atoms with E-state index in [-0.39, 0.29) is 5.92 Å². The van der Waals surface area contributed by atoms with Crippen LogP contribution in [0.1, 0.15) is 25.7 Å². The zero-order valence-electron chi connectivity index (χ0n) is 11.2. The first-order valence-electron chi connectivity index (χ1n) is 6.98. The van der Waals surface area contributed by atoms with E-state index in [9.17, 15) is 4.79 Å². The molecule has 1 fully saturated rings. The molecule has 1 aromatic rings. The highest BCUT2D eigenvalue weighted by atomic mass is 35.5. The molecule has 0 saturated heterocycles. The number of hydrogen-bond acceptors (Lipinski definition) is 4. The van der Waals surface area contributed by atoms with Gasteiger partial charge in [0.1, 0.15) is 19.0 Å². The summed E-state index contributed by atoms with van der Waals surface area (Å²) in [4.78, 5) is 12.6. The number of rotatable bonds is 4. The lowest BCUT2D eigenvalue weighted by atomic mass is 10.1. The first kappa shape index (κ1) is 14.1. The molecule has 2 aliphatic rings. The van der Waals surface area contributed by atoms with Crippen molar-refractivity contribution >= 4 is 29.1 Å². The van der Waals surface area contributed by atoms with Crippen molar-refractivity contribution in [2.24, 2.45) is 5.92 Å². The van der Waals surface area contributed by atoms with Crippen LogP contribution >= 0.6 is 23.4 Å². The molecule has 0 amide bonds. The highest BCUT2D eigenvalue weighted by Crippen LogP contribution is 2.40. The number of ether oxygens (including phenoxy) is 2. The topological polar surface area (TPSA) is 35.5 Å². The summed E-state index contributed by atoms with van der Waals surface area (Å²) in [7, 11) is 0. The van der Waals surface area contributed by atoms with Crippen LogP contribution in [0.5, 0.6) is 11.5 Å². The molecule has 1 saturated carbocycles. The maximum absolute atomic E-state index is 11.6. The molecule has 1 aromatic carbocycles. The van der Waals surface area contributed by atoms with E-state index in [1.54, 1.807) is 11.8 Å². The Balaban J connectivity index is 1.61. The molecule has 108 valence electrons. The zero-order chi connectivity index (χ0) is 13.9. The average Bonchev–Trinajstić information content (AvgIpc) is 2.85. The summed E-state index contributed by atoms with van der Waals surface area (Å²) in [5.41, 5.74) is 0. The predicted molar refractivity (Wildman–Crippen MR) is 80.1 cm³/mol. The lowest BCUT2D eigenvalue weighted by molar-refractivity contribution is -0.120. The highest BCUT2D eigenvalue weighted by Gasteiger charge is 2.24. The third kappa shape index (κ3) is 3.07. The van der Waals surface area contributed by atoms with Crippen LogP contribution in [0.15, 0.2) is 17.0 Å². The largest absolute Gasteiger partial charge is 0.486 e. The first-order valence-corrected chi connectivity index (χ1v) is 8.35. The van der Waals surface area contributed by atoms with E-state index in [4.69, 9.17) is 21.1 Å². The third-order valence-corrected chi connectivity index (χ3v) is 5.27. The van der Waals surface area contributed by atoms with Crippen LogP contribution in [0.2, 0.25) is 5.02 Å². The number of fused-ring (bicyclic) bond motifs is 1. The van der Waals surface area contributed by atoms with Crippen molar-refractivity contribution in [1.82, 2.24) is 0 Å². The van der Waals surface area contributed by atoms with Gasteiger partial charge in [0, 0.05) is 23.3 Å². The van der Waals surface area contributed by atoms with Gasteiger partial charge in [-0.25, -0.2) is 0 Å². The Bertz CT molecular complexity index is 518. The maximum Gasteiger partial charge on any atom is 0.162 e. The quantitative estimate of drug-likeness (QED) is 0.788. The smallest absolute Gasteiger partial charge is 0.162 e. The molecule has 0 N–H and O–H groups in total. The fourth-order valence-corrected chi connectivity index (χ4v) is 3.99. The molecule has 0 spiro atoms. The predicted octanol–water partition coefficient (Wildman–Crippen LogP) is 3.96. The lowest BCUT2D eigenvalue weighted by Crippen LogP contribution is -2.15. The number of benzene rings is 1. The monoisotopic (exact) mass is 312 g/mol. The zero-order valence-corrected chi connectivity index (χ0v) is 12.8. The van der Waals surface area contributed by atoms with Crippen molar-refractivity contribution in [1.29, 1.82) is 0 Å². The second-order valence-electron chi connectivity index (χ2n) is 5.12. The molecule has 1 atom stereocenters. The van der Waals surface area contributed by atoms with Gasteiger partial charge in [-0.15, -0.1) is 11.8 Å². The molecule has 0 bridgehead atoms. The SMILES string of the molecule is O=C1CCC[C@H]1CCSc1cc2c(cc1Cl)OCCO2. The van der Waals surface area contributed by atoms with Gasteiger partial charge in [0.2, 0.25) is 0 Å². The summed E-state index contributed by atoms with van der Waals surface area (Å²) in [6.45, 7) is 1.15. The van der Waals surface area contributed by atoms with Crippen LogP contribution in [0.4, 0.5) is 0 Å². The van der Waals surface area contributed by atoms with Gasteiger partial charge in [-0.3, -0.25) is 4.79 Å². The molecular formula is C15H17ClO3S. The molecule has 1 heterocycles. The Kier molecular flexibility index (Phi) is 4.41. The molecule has 5 heteroatoms. The Morgan fingerprint density at radius 1 is 1.25 bits per heavy atom. The van der Waals surface area contributed by atoms with Crippen molar-refractivity contribution < 1.29 is 14.3 Å². The second-order valence-corrected chi connectivity index (χ2v) is 6.66. The van der Waals surface area contributed by atoms with Crippen LogP contribution in [0.25, 0.3) is 0 Å². The van der Waals surface area contributed by atoms with E-state index in [1.165, 1.54) is 0 Å². The van der Waals surface area contributed by atoms with Crippen molar-refractivity contribution in [2.75, 3.05) is 19.0 Å². The summed E-state index contributed by atoms with van der Waals surface area (Å²) in [5, 5.41) is 0.692. The molecule has 0 radical (unpaired) electrons. The Morgan fingerprint density at radius 2 is 2.00 bits per heavy atom. The van der Waals surface area contributed by atoms with Crippen LogP contribution < -0.4 is 9.47 Å². The molecule has 20 heavy (non-hydrogen) atoms. The summed E-state index contributed by atoms with van der Waals surface area (Å²) in [6, 6.07) is 3.76.